The summed E-state index contributed by atoms with van der Waals surface area (Å²) in [6.07, 6.45) is 2.95. The van der Waals surface area contributed by atoms with Crippen LogP contribution >= 0.6 is 0 Å². The van der Waals surface area contributed by atoms with E-state index in [-0.39, 0.29) is 18.0 Å². The van der Waals surface area contributed by atoms with Crippen LogP contribution in [0.2, 0.25) is 0 Å². The molecule has 0 radical (unpaired) electrons. The average Bonchev–Trinajstić information content (AvgIpc) is 3.35. The first-order valence-corrected chi connectivity index (χ1v) is 9.67. The van der Waals surface area contributed by atoms with Gasteiger partial charge in [0.25, 0.3) is 5.91 Å². The van der Waals surface area contributed by atoms with Crippen LogP contribution in [0.25, 0.3) is 33.5 Å². The number of aromatic amines is 1. The van der Waals surface area contributed by atoms with Crippen LogP contribution in [0, 0.1) is 5.82 Å². The van der Waals surface area contributed by atoms with E-state index in [9.17, 15) is 14.0 Å². The van der Waals surface area contributed by atoms with Crippen molar-refractivity contribution in [1.82, 2.24) is 29.6 Å². The quantitative estimate of drug-likeness (QED) is 0.505. The van der Waals surface area contributed by atoms with E-state index < -0.39 is 11.7 Å². The van der Waals surface area contributed by atoms with Crippen LogP contribution < -0.4 is 5.73 Å². The summed E-state index contributed by atoms with van der Waals surface area (Å²) >= 11 is 0. The van der Waals surface area contributed by atoms with Crippen LogP contribution in [0.4, 0.5) is 4.39 Å². The summed E-state index contributed by atoms with van der Waals surface area (Å²) in [5.41, 5.74) is 7.62. The molecular weight excluding hydrogens is 405 g/mol. The smallest absolute Gasteiger partial charge is 0.252 e. The summed E-state index contributed by atoms with van der Waals surface area (Å²) in [6, 6.07) is 4.23. The standard InChI is InChI=1S/C20H18FN7O3/c21-11-1-2-12-15(7-11)28(10-16(29)27-3-5-31-6-4-27)26-17(12)14-9-24-20-18(25-14)13(8-23-20)19(22)30/h1-2,7-9H,3-6,10H2,(H2,22,30)(H,23,24). The minimum absolute atomic E-state index is 0.0493. The molecule has 1 aliphatic rings. The van der Waals surface area contributed by atoms with Gasteiger partial charge in [0, 0.05) is 24.7 Å². The molecule has 0 aliphatic carbocycles. The molecule has 5 rings (SSSR count). The van der Waals surface area contributed by atoms with Gasteiger partial charge in [-0.3, -0.25) is 14.3 Å². The third-order valence-corrected chi connectivity index (χ3v) is 5.25. The maximum absolute atomic E-state index is 14.0. The van der Waals surface area contributed by atoms with Gasteiger partial charge in [-0.25, -0.2) is 14.4 Å². The van der Waals surface area contributed by atoms with Crippen molar-refractivity contribution in [3.63, 3.8) is 0 Å². The van der Waals surface area contributed by atoms with Crippen molar-refractivity contribution in [3.05, 3.63) is 42.0 Å². The molecule has 0 saturated carbocycles. The third-order valence-electron chi connectivity index (χ3n) is 5.25. The molecule has 1 fully saturated rings. The fourth-order valence-electron chi connectivity index (χ4n) is 3.69. The third kappa shape index (κ3) is 3.38. The molecule has 3 aromatic heterocycles. The van der Waals surface area contributed by atoms with Crippen molar-refractivity contribution in [2.24, 2.45) is 5.73 Å². The molecule has 10 nitrogen and oxygen atoms in total. The minimum Gasteiger partial charge on any atom is -0.378 e. The Hall–Kier alpha value is -3.86. The lowest BCUT2D eigenvalue weighted by Crippen LogP contribution is -2.42. The van der Waals surface area contributed by atoms with E-state index in [4.69, 9.17) is 10.5 Å². The zero-order valence-corrected chi connectivity index (χ0v) is 16.3. The summed E-state index contributed by atoms with van der Waals surface area (Å²) in [7, 11) is 0. The Bertz CT molecular complexity index is 1320. The van der Waals surface area contributed by atoms with E-state index in [0.29, 0.717) is 59.8 Å². The van der Waals surface area contributed by atoms with Crippen molar-refractivity contribution in [1.29, 1.82) is 0 Å². The predicted molar refractivity (Wildman–Crippen MR) is 108 cm³/mol. The molecule has 1 aliphatic heterocycles. The lowest BCUT2D eigenvalue weighted by Gasteiger charge is -2.26. The summed E-state index contributed by atoms with van der Waals surface area (Å²) in [4.78, 5) is 37.7. The van der Waals surface area contributed by atoms with Crippen molar-refractivity contribution >= 4 is 33.9 Å². The number of H-pyrrole nitrogens is 1. The normalized spacial score (nSPS) is 14.4. The van der Waals surface area contributed by atoms with Crippen LogP contribution in [0.3, 0.4) is 0 Å². The molecule has 1 saturated heterocycles. The Morgan fingerprint density at radius 3 is 2.84 bits per heavy atom. The fourth-order valence-corrected chi connectivity index (χ4v) is 3.69. The Morgan fingerprint density at radius 2 is 2.06 bits per heavy atom. The number of morpholine rings is 1. The molecule has 4 aromatic rings. The largest absolute Gasteiger partial charge is 0.378 e. The lowest BCUT2D eigenvalue weighted by molar-refractivity contribution is -0.136. The van der Waals surface area contributed by atoms with E-state index in [1.54, 1.807) is 11.0 Å². The first-order chi connectivity index (χ1) is 15.0. The molecule has 0 atom stereocenters. The minimum atomic E-state index is -0.633. The molecule has 0 bridgehead atoms. The topological polar surface area (TPSA) is 132 Å². The SMILES string of the molecule is NC(=O)c1c[nH]c2ncc(-c3nn(CC(=O)N4CCOCC4)c4cc(F)ccc34)nc12. The molecule has 158 valence electrons. The van der Waals surface area contributed by atoms with Gasteiger partial charge in [0.2, 0.25) is 5.91 Å². The number of carbonyl (C=O) groups is 2. The zero-order valence-electron chi connectivity index (χ0n) is 16.3. The highest BCUT2D eigenvalue weighted by Gasteiger charge is 2.22. The van der Waals surface area contributed by atoms with E-state index in [1.807, 2.05) is 0 Å². The Kier molecular flexibility index (Phi) is 4.59. The van der Waals surface area contributed by atoms with Gasteiger partial charge in [-0.1, -0.05) is 0 Å². The van der Waals surface area contributed by atoms with Crippen molar-refractivity contribution < 1.29 is 18.7 Å². The van der Waals surface area contributed by atoms with E-state index in [1.165, 1.54) is 29.2 Å². The number of primary amides is 1. The van der Waals surface area contributed by atoms with Crippen LogP contribution in [-0.4, -0.2) is 67.7 Å². The first kappa shape index (κ1) is 19.1. The van der Waals surface area contributed by atoms with E-state index >= 15 is 0 Å². The number of amides is 2. The predicted octanol–water partition coefficient (Wildman–Crippen LogP) is 1.07. The summed E-state index contributed by atoms with van der Waals surface area (Å²) < 4.78 is 20.7. The van der Waals surface area contributed by atoms with Gasteiger partial charge in [-0.15, -0.1) is 0 Å². The number of aromatic nitrogens is 5. The summed E-state index contributed by atoms with van der Waals surface area (Å²) in [6.45, 7) is 1.93. The van der Waals surface area contributed by atoms with Crippen molar-refractivity contribution in [3.8, 4) is 11.4 Å². The summed E-state index contributed by atoms with van der Waals surface area (Å²) in [5.74, 6) is -1.21. The second-order valence-electron chi connectivity index (χ2n) is 7.18. The van der Waals surface area contributed by atoms with Crippen molar-refractivity contribution in [2.75, 3.05) is 26.3 Å². The molecule has 3 N–H and O–H groups in total. The molecule has 1 aromatic carbocycles. The number of hydrogen-bond donors (Lipinski definition) is 2. The first-order valence-electron chi connectivity index (χ1n) is 9.67. The second-order valence-corrected chi connectivity index (χ2v) is 7.18. The molecular formula is C20H18FN7O3. The van der Waals surface area contributed by atoms with Gasteiger partial charge in [0.15, 0.2) is 5.65 Å². The highest BCUT2D eigenvalue weighted by atomic mass is 19.1. The Balaban J connectivity index is 1.59. The molecule has 0 unspecified atom stereocenters. The number of nitrogens with zero attached hydrogens (tertiary/aromatic N) is 5. The Labute approximate surface area is 174 Å². The lowest BCUT2D eigenvalue weighted by atomic mass is 10.1. The average molecular weight is 423 g/mol. The summed E-state index contributed by atoms with van der Waals surface area (Å²) in [5, 5.41) is 5.16. The maximum Gasteiger partial charge on any atom is 0.252 e. The van der Waals surface area contributed by atoms with Crippen LogP contribution in [-0.2, 0) is 16.1 Å². The molecule has 0 spiro atoms. The van der Waals surface area contributed by atoms with Crippen LogP contribution in [0.5, 0.6) is 0 Å². The highest BCUT2D eigenvalue weighted by molar-refractivity contribution is 6.04. The Morgan fingerprint density at radius 1 is 1.26 bits per heavy atom. The molecule has 4 heterocycles. The second kappa shape index (κ2) is 7.43. The van der Waals surface area contributed by atoms with Gasteiger partial charge in [0.05, 0.1) is 30.5 Å². The molecule has 31 heavy (non-hydrogen) atoms. The maximum atomic E-state index is 14.0. The number of benzene rings is 1. The number of nitrogens with two attached hydrogens (primary N) is 1. The van der Waals surface area contributed by atoms with Gasteiger partial charge in [-0.05, 0) is 18.2 Å². The molecule has 11 heteroatoms. The van der Waals surface area contributed by atoms with Gasteiger partial charge >= 0.3 is 0 Å². The fraction of sp³-hybridized carbons (Fsp3) is 0.250. The number of fused-ring (bicyclic) bond motifs is 2. The molecule has 2 amide bonds. The van der Waals surface area contributed by atoms with Gasteiger partial charge in [0.1, 0.15) is 29.3 Å². The zero-order chi connectivity index (χ0) is 21.5. The van der Waals surface area contributed by atoms with E-state index in [0.717, 1.165) is 0 Å². The van der Waals surface area contributed by atoms with Gasteiger partial charge in [-0.2, -0.15) is 5.10 Å². The number of rotatable bonds is 4. The monoisotopic (exact) mass is 423 g/mol. The number of hydrogen-bond acceptors (Lipinski definition) is 6. The van der Waals surface area contributed by atoms with Crippen molar-refractivity contribution in [2.45, 2.75) is 6.54 Å². The number of ether oxygens (including phenoxy) is 1. The van der Waals surface area contributed by atoms with Crippen LogP contribution in [0.15, 0.2) is 30.6 Å². The van der Waals surface area contributed by atoms with E-state index in [2.05, 4.69) is 20.1 Å². The number of carbonyl (C=O) groups excluding carboxylic acids is 2. The van der Waals surface area contributed by atoms with Gasteiger partial charge < -0.3 is 20.4 Å². The van der Waals surface area contributed by atoms with Crippen LogP contribution in [0.1, 0.15) is 10.4 Å². The highest BCUT2D eigenvalue weighted by Crippen LogP contribution is 2.28. The number of nitrogens with one attached hydrogen (secondary N) is 1. The number of halogens is 1.